The maximum absolute atomic E-state index is 13.1. The van der Waals surface area contributed by atoms with E-state index in [0.717, 1.165) is 0 Å². The normalized spacial score (nSPS) is 29.9. The van der Waals surface area contributed by atoms with E-state index in [4.69, 9.17) is 0 Å². The van der Waals surface area contributed by atoms with Gasteiger partial charge < -0.3 is 25.1 Å². The summed E-state index contributed by atoms with van der Waals surface area (Å²) < 4.78 is 0. The number of piperidine rings is 1. The second-order valence-corrected chi connectivity index (χ2v) is 6.79. The largest absolute Gasteiger partial charge is 0.394 e. The molecule has 2 fully saturated rings. The topological polar surface area (TPSA) is 101 Å². The van der Waals surface area contributed by atoms with Crippen molar-refractivity contribution in [3.8, 4) is 0 Å². The van der Waals surface area contributed by atoms with Crippen molar-refractivity contribution in [2.45, 2.75) is 30.3 Å². The van der Waals surface area contributed by atoms with Crippen LogP contribution < -0.4 is 4.90 Å². The van der Waals surface area contributed by atoms with E-state index in [1.54, 1.807) is 54.6 Å². The van der Waals surface area contributed by atoms with Gasteiger partial charge in [-0.25, -0.2) is 0 Å². The van der Waals surface area contributed by atoms with Crippen LogP contribution in [0.15, 0.2) is 60.7 Å². The first kappa shape index (κ1) is 17.7. The van der Waals surface area contributed by atoms with E-state index in [-0.39, 0.29) is 5.91 Å². The highest BCUT2D eigenvalue weighted by Crippen LogP contribution is 2.40. The molecule has 5 atom stereocenters. The molecule has 3 N–H and O–H groups in total. The Morgan fingerprint density at radius 1 is 0.926 bits per heavy atom. The van der Waals surface area contributed by atoms with E-state index in [0.29, 0.717) is 11.3 Å². The lowest BCUT2D eigenvalue weighted by molar-refractivity contribution is -0.158. The van der Waals surface area contributed by atoms with E-state index >= 15 is 0 Å². The maximum atomic E-state index is 13.1. The Bertz CT molecular complexity index is 844. The molecule has 2 saturated heterocycles. The molecule has 2 aromatic carbocycles. The second-order valence-electron chi connectivity index (χ2n) is 6.79. The third-order valence-electron chi connectivity index (χ3n) is 5.34. The number of benzene rings is 2. The third-order valence-corrected chi connectivity index (χ3v) is 5.34. The third kappa shape index (κ3) is 2.63. The Labute approximate surface area is 156 Å². The number of hydrogen-bond donors (Lipinski definition) is 3. The Balaban J connectivity index is 1.73. The molecule has 2 amide bonds. The fraction of sp³-hybridized carbons (Fsp3) is 0.300. The lowest BCUT2D eigenvalue weighted by Crippen LogP contribution is -2.83. The van der Waals surface area contributed by atoms with Crippen LogP contribution in [0.25, 0.3) is 0 Å². The van der Waals surface area contributed by atoms with E-state index in [1.807, 2.05) is 6.07 Å². The summed E-state index contributed by atoms with van der Waals surface area (Å²) in [4.78, 5) is 28.6. The molecule has 0 spiro atoms. The van der Waals surface area contributed by atoms with Gasteiger partial charge in [0.1, 0.15) is 18.2 Å². The first-order valence-corrected chi connectivity index (χ1v) is 8.79. The zero-order valence-electron chi connectivity index (χ0n) is 14.4. The van der Waals surface area contributed by atoms with E-state index < -0.39 is 42.8 Å². The molecule has 7 nitrogen and oxygen atoms in total. The van der Waals surface area contributed by atoms with Crippen LogP contribution in [0.2, 0.25) is 0 Å². The van der Waals surface area contributed by atoms with Gasteiger partial charge >= 0.3 is 0 Å². The van der Waals surface area contributed by atoms with Crippen LogP contribution in [-0.2, 0) is 4.79 Å². The van der Waals surface area contributed by atoms with Gasteiger partial charge in [0.2, 0.25) is 0 Å². The molecule has 0 unspecified atom stereocenters. The van der Waals surface area contributed by atoms with Crippen molar-refractivity contribution in [2.75, 3.05) is 11.5 Å². The maximum Gasteiger partial charge on any atom is 0.255 e. The number of hydrogen-bond acceptors (Lipinski definition) is 5. The van der Waals surface area contributed by atoms with Gasteiger partial charge in [0.05, 0.1) is 18.7 Å². The minimum Gasteiger partial charge on any atom is -0.394 e. The molecule has 7 heteroatoms. The first-order valence-electron chi connectivity index (χ1n) is 8.79. The predicted molar refractivity (Wildman–Crippen MR) is 97.0 cm³/mol. The number of anilines is 1. The molecule has 0 radical (unpaired) electrons. The number of fused-ring (bicyclic) bond motifs is 1. The fourth-order valence-corrected chi connectivity index (χ4v) is 4.01. The van der Waals surface area contributed by atoms with Crippen molar-refractivity contribution < 1.29 is 24.9 Å². The number of carbonyl (C=O) groups excluding carboxylic acids is 2. The molecule has 0 saturated carbocycles. The lowest BCUT2D eigenvalue weighted by atomic mass is 9.78. The van der Waals surface area contributed by atoms with Crippen LogP contribution in [0, 0.1) is 0 Å². The summed E-state index contributed by atoms with van der Waals surface area (Å²) in [6, 6.07) is 14.4. The Morgan fingerprint density at radius 2 is 1.52 bits per heavy atom. The predicted octanol–water partition coefficient (Wildman–Crippen LogP) is 0.00910. The minimum absolute atomic E-state index is 0.347. The Morgan fingerprint density at radius 3 is 2.11 bits per heavy atom. The molecule has 2 aliphatic rings. The van der Waals surface area contributed by atoms with Gasteiger partial charge in [-0.15, -0.1) is 0 Å². The van der Waals surface area contributed by atoms with Gasteiger partial charge in [0, 0.05) is 11.3 Å². The first-order chi connectivity index (χ1) is 13.1. The minimum atomic E-state index is -1.37. The molecule has 140 valence electrons. The summed E-state index contributed by atoms with van der Waals surface area (Å²) in [5.41, 5.74) is 0.939. The fourth-order valence-electron chi connectivity index (χ4n) is 4.01. The zero-order valence-corrected chi connectivity index (χ0v) is 14.4. The average Bonchev–Trinajstić information content (AvgIpc) is 2.71. The number of amides is 2. The summed E-state index contributed by atoms with van der Waals surface area (Å²) in [7, 11) is 0. The molecule has 27 heavy (non-hydrogen) atoms. The standard InChI is InChI=1S/C20H20N2O5/c23-11-14-17(24)18(25)15-16(20(27)21(15)13-9-5-2-6-10-13)22(14)19(26)12-7-3-1-4-8-12/h1-10,14-18,23-25H,11H2/t14-,15-,16-,17-,18-/m1/s1. The van der Waals surface area contributed by atoms with Crippen molar-refractivity contribution in [2.24, 2.45) is 0 Å². The number of carbonyl (C=O) groups is 2. The number of rotatable bonds is 3. The lowest BCUT2D eigenvalue weighted by Gasteiger charge is -2.59. The summed E-state index contributed by atoms with van der Waals surface area (Å²) in [5, 5.41) is 30.9. The summed E-state index contributed by atoms with van der Waals surface area (Å²) >= 11 is 0. The number of β-lactam (4-membered cyclic amide) rings is 1. The van der Waals surface area contributed by atoms with Crippen molar-refractivity contribution in [1.82, 2.24) is 4.90 Å². The van der Waals surface area contributed by atoms with E-state index in [9.17, 15) is 24.9 Å². The Kier molecular flexibility index (Phi) is 4.43. The van der Waals surface area contributed by atoms with Crippen LogP contribution in [0.1, 0.15) is 10.4 Å². The highest BCUT2D eigenvalue weighted by Gasteiger charge is 2.63. The van der Waals surface area contributed by atoms with E-state index in [1.165, 1.54) is 9.80 Å². The van der Waals surface area contributed by atoms with Crippen molar-refractivity contribution in [1.29, 1.82) is 0 Å². The van der Waals surface area contributed by atoms with Gasteiger partial charge in [-0.3, -0.25) is 9.59 Å². The number of aliphatic hydroxyl groups is 3. The van der Waals surface area contributed by atoms with Gasteiger partial charge in [-0.05, 0) is 24.3 Å². The Hall–Kier alpha value is -2.74. The molecule has 0 aliphatic carbocycles. The molecular weight excluding hydrogens is 348 g/mol. The van der Waals surface area contributed by atoms with Crippen LogP contribution >= 0.6 is 0 Å². The van der Waals surface area contributed by atoms with Crippen LogP contribution in [0.5, 0.6) is 0 Å². The number of nitrogens with zero attached hydrogens (tertiary/aromatic N) is 2. The summed E-state index contributed by atoms with van der Waals surface area (Å²) in [6.45, 7) is -0.557. The number of para-hydroxylation sites is 1. The highest BCUT2D eigenvalue weighted by molar-refractivity contribution is 6.09. The quantitative estimate of drug-likeness (QED) is 0.663. The monoisotopic (exact) mass is 368 g/mol. The van der Waals surface area contributed by atoms with Crippen LogP contribution in [-0.4, -0.2) is 69.0 Å². The molecule has 2 aliphatic heterocycles. The van der Waals surface area contributed by atoms with Crippen LogP contribution in [0.4, 0.5) is 5.69 Å². The molecule has 2 heterocycles. The smallest absolute Gasteiger partial charge is 0.255 e. The molecule has 4 rings (SSSR count). The zero-order chi connectivity index (χ0) is 19.1. The van der Waals surface area contributed by atoms with Crippen molar-refractivity contribution in [3.63, 3.8) is 0 Å². The molecule has 0 aromatic heterocycles. The van der Waals surface area contributed by atoms with Crippen molar-refractivity contribution in [3.05, 3.63) is 66.2 Å². The summed E-state index contributed by atoms with van der Waals surface area (Å²) in [5.74, 6) is -0.809. The van der Waals surface area contributed by atoms with E-state index in [2.05, 4.69) is 0 Å². The number of aliphatic hydroxyl groups excluding tert-OH is 3. The highest BCUT2D eigenvalue weighted by atomic mass is 16.3. The molecule has 0 bridgehead atoms. The van der Waals surface area contributed by atoms with Gasteiger partial charge in [0.25, 0.3) is 11.8 Å². The number of likely N-dealkylation sites (tertiary alicyclic amines) is 1. The van der Waals surface area contributed by atoms with Crippen LogP contribution in [0.3, 0.4) is 0 Å². The molecular formula is C20H20N2O5. The average molecular weight is 368 g/mol. The van der Waals surface area contributed by atoms with Gasteiger partial charge in [-0.1, -0.05) is 36.4 Å². The van der Waals surface area contributed by atoms with Gasteiger partial charge in [-0.2, -0.15) is 0 Å². The molecule has 2 aromatic rings. The van der Waals surface area contributed by atoms with Gasteiger partial charge in [0.15, 0.2) is 0 Å². The summed E-state index contributed by atoms with van der Waals surface area (Å²) in [6.07, 6.45) is -2.65. The second kappa shape index (κ2) is 6.77. The SMILES string of the molecule is O=C1[C@H]2[C@H]([C@@H](O)[C@H](O)[C@@H](CO)N2C(=O)c2ccccc2)N1c1ccccc1. The van der Waals surface area contributed by atoms with Crippen molar-refractivity contribution >= 4 is 17.5 Å².